The lowest BCUT2D eigenvalue weighted by molar-refractivity contribution is 1.14. The number of nitrogens with zero attached hydrogens (tertiary/aromatic N) is 7. The van der Waals surface area contributed by atoms with Crippen LogP contribution in [0.25, 0.3) is 106 Å². The number of benzene rings is 6. The van der Waals surface area contributed by atoms with Gasteiger partial charge in [0.05, 0.1) is 50.5 Å². The Balaban J connectivity index is 0.989. The fourth-order valence-corrected chi connectivity index (χ4v) is 7.48. The molecule has 0 aliphatic rings. The highest BCUT2D eigenvalue weighted by Crippen LogP contribution is 2.32. The lowest BCUT2D eigenvalue weighted by atomic mass is 10.0. The fourth-order valence-electron chi connectivity index (χ4n) is 7.48. The second kappa shape index (κ2) is 13.4. The third kappa shape index (κ3) is 6.04. The van der Waals surface area contributed by atoms with Gasteiger partial charge in [0.2, 0.25) is 5.78 Å². The van der Waals surface area contributed by atoms with Gasteiger partial charge in [0, 0.05) is 50.4 Å². The average Bonchev–Trinajstić information content (AvgIpc) is 3.67. The predicted octanol–water partition coefficient (Wildman–Crippen LogP) is 11.8. The third-order valence-electron chi connectivity index (χ3n) is 10.5. The maximum atomic E-state index is 5.18. The molecule has 0 amide bonds. The summed E-state index contributed by atoms with van der Waals surface area (Å²) < 4.78 is 2.02. The van der Waals surface area contributed by atoms with Gasteiger partial charge in [-0.15, -0.1) is 0 Å². The van der Waals surface area contributed by atoms with Crippen molar-refractivity contribution < 1.29 is 0 Å². The molecular weight excluding hydrogens is 699 g/mol. The molecule has 0 fully saturated rings. The van der Waals surface area contributed by atoms with Crippen molar-refractivity contribution in [3.63, 3.8) is 0 Å². The Morgan fingerprint density at radius 3 is 1.42 bits per heavy atom. The highest BCUT2D eigenvalue weighted by molar-refractivity contribution is 5.84. The summed E-state index contributed by atoms with van der Waals surface area (Å²) in [6.07, 6.45) is 2.03. The minimum absolute atomic E-state index is 0.623. The zero-order chi connectivity index (χ0) is 37.7. The second-order valence-electron chi connectivity index (χ2n) is 14.1. The van der Waals surface area contributed by atoms with Crippen molar-refractivity contribution in [1.29, 1.82) is 0 Å². The van der Waals surface area contributed by atoms with Crippen molar-refractivity contribution in [2.24, 2.45) is 0 Å². The lowest BCUT2D eigenvalue weighted by Crippen LogP contribution is -1.97. The number of aromatic nitrogens is 7. The maximum absolute atomic E-state index is 5.18. The van der Waals surface area contributed by atoms with Crippen LogP contribution < -0.4 is 0 Å². The van der Waals surface area contributed by atoms with Crippen molar-refractivity contribution in [2.75, 3.05) is 0 Å². The molecule has 0 N–H and O–H groups in total. The molecule has 0 aliphatic carbocycles. The van der Waals surface area contributed by atoms with E-state index in [2.05, 4.69) is 115 Å². The van der Waals surface area contributed by atoms with Gasteiger partial charge in [-0.05, 0) is 54.6 Å². The highest BCUT2D eigenvalue weighted by atomic mass is 15.1. The molecule has 0 saturated heterocycles. The summed E-state index contributed by atoms with van der Waals surface area (Å²) >= 11 is 0. The first kappa shape index (κ1) is 32.5. The third-order valence-corrected chi connectivity index (χ3v) is 10.5. The summed E-state index contributed by atoms with van der Waals surface area (Å²) in [6, 6.07) is 62.1. The minimum Gasteiger partial charge on any atom is -0.284 e. The zero-order valence-corrected chi connectivity index (χ0v) is 30.5. The summed E-state index contributed by atoms with van der Waals surface area (Å²) in [5.41, 5.74) is 14.1. The lowest BCUT2D eigenvalue weighted by Gasteiger charge is -2.11. The Labute approximate surface area is 327 Å². The van der Waals surface area contributed by atoms with Crippen molar-refractivity contribution in [3.8, 4) is 67.7 Å². The number of imidazole rings is 1. The Morgan fingerprint density at radius 1 is 0.298 bits per heavy atom. The van der Waals surface area contributed by atoms with E-state index in [-0.39, 0.29) is 0 Å². The predicted molar refractivity (Wildman–Crippen MR) is 229 cm³/mol. The minimum atomic E-state index is 0.623. The Hall–Kier alpha value is -7.90. The monoisotopic (exact) mass is 729 g/mol. The van der Waals surface area contributed by atoms with Crippen LogP contribution in [-0.4, -0.2) is 34.3 Å². The van der Waals surface area contributed by atoms with E-state index in [0.717, 1.165) is 94.7 Å². The Kier molecular flexibility index (Phi) is 7.67. The molecule has 7 nitrogen and oxygen atoms in total. The van der Waals surface area contributed by atoms with E-state index in [9.17, 15) is 0 Å². The number of fused-ring (bicyclic) bond motifs is 5. The summed E-state index contributed by atoms with van der Waals surface area (Å²) in [6.45, 7) is 0. The summed E-state index contributed by atoms with van der Waals surface area (Å²) in [5, 5.41) is 2.24. The quantitative estimate of drug-likeness (QED) is 0.169. The normalized spacial score (nSPS) is 11.5. The molecule has 0 radical (unpaired) electrons. The van der Waals surface area contributed by atoms with Crippen molar-refractivity contribution in [2.45, 2.75) is 0 Å². The summed E-state index contributed by atoms with van der Waals surface area (Å²) in [4.78, 5) is 29.9. The number of para-hydroxylation sites is 4. The molecule has 266 valence electrons. The van der Waals surface area contributed by atoms with Gasteiger partial charge in [-0.3, -0.25) is 4.40 Å². The van der Waals surface area contributed by atoms with Crippen LogP contribution in [0.15, 0.2) is 188 Å². The fraction of sp³-hybridized carbons (Fsp3) is 0. The van der Waals surface area contributed by atoms with Gasteiger partial charge in [-0.2, -0.15) is 0 Å². The molecule has 0 aliphatic heterocycles. The SMILES string of the molecule is c1cc(-c2ccn3c(n2)nc2ccccc23)cc(-c2nc(-c3ccc(-c4ccc5ccccc5n4)cc3)cc(-c3ccc(-c4ccc5ccccc5n4)cc3)n2)c1. The maximum Gasteiger partial charge on any atom is 0.235 e. The van der Waals surface area contributed by atoms with Crippen LogP contribution in [-0.2, 0) is 0 Å². The van der Waals surface area contributed by atoms with Gasteiger partial charge in [-0.1, -0.05) is 127 Å². The van der Waals surface area contributed by atoms with Crippen molar-refractivity contribution in [3.05, 3.63) is 188 Å². The van der Waals surface area contributed by atoms with Gasteiger partial charge in [0.25, 0.3) is 0 Å². The van der Waals surface area contributed by atoms with Crippen LogP contribution in [0.3, 0.4) is 0 Å². The smallest absolute Gasteiger partial charge is 0.235 e. The number of rotatable bonds is 6. The first-order valence-electron chi connectivity index (χ1n) is 18.9. The standard InChI is InChI=1S/C50H31N7/c1-3-12-40-32(8-1)24-26-42(51-40)34-16-20-36(21-17-34)46-31-47(37-22-18-35(19-23-37)43-27-25-33-9-2-4-13-41(33)52-43)54-49(53-46)39-11-7-10-38(30-39)44-28-29-57-48-15-6-5-14-45(48)56-50(57)55-44/h1-31H. The molecule has 5 heterocycles. The van der Waals surface area contributed by atoms with Crippen LogP contribution in [0.1, 0.15) is 0 Å². The molecule has 7 heteroatoms. The molecule has 57 heavy (non-hydrogen) atoms. The molecule has 0 bridgehead atoms. The molecule has 6 aromatic carbocycles. The average molecular weight is 730 g/mol. The van der Waals surface area contributed by atoms with Gasteiger partial charge < -0.3 is 0 Å². The molecule has 11 rings (SSSR count). The van der Waals surface area contributed by atoms with Crippen LogP contribution in [0.4, 0.5) is 0 Å². The van der Waals surface area contributed by atoms with Crippen molar-refractivity contribution in [1.82, 2.24) is 34.3 Å². The number of hydrogen-bond donors (Lipinski definition) is 0. The van der Waals surface area contributed by atoms with E-state index in [1.54, 1.807) is 0 Å². The van der Waals surface area contributed by atoms with Crippen LogP contribution in [0.5, 0.6) is 0 Å². The van der Waals surface area contributed by atoms with E-state index in [1.165, 1.54) is 0 Å². The first-order chi connectivity index (χ1) is 28.2. The first-order valence-corrected chi connectivity index (χ1v) is 18.9. The number of hydrogen-bond acceptors (Lipinski definition) is 6. The Bertz CT molecular complexity index is 3160. The topological polar surface area (TPSA) is 81.8 Å². The molecule has 0 atom stereocenters. The van der Waals surface area contributed by atoms with E-state index in [1.807, 2.05) is 77.3 Å². The Morgan fingerprint density at radius 2 is 0.807 bits per heavy atom. The zero-order valence-electron chi connectivity index (χ0n) is 30.5. The molecule has 5 aromatic heterocycles. The van der Waals surface area contributed by atoms with Crippen LogP contribution >= 0.6 is 0 Å². The molecule has 11 aromatic rings. The van der Waals surface area contributed by atoms with Gasteiger partial charge >= 0.3 is 0 Å². The summed E-state index contributed by atoms with van der Waals surface area (Å²) in [5.74, 6) is 1.28. The van der Waals surface area contributed by atoms with Crippen LogP contribution in [0, 0.1) is 0 Å². The molecular formula is C50H31N7. The second-order valence-corrected chi connectivity index (χ2v) is 14.1. The molecule has 0 saturated carbocycles. The van der Waals surface area contributed by atoms with E-state index >= 15 is 0 Å². The summed E-state index contributed by atoms with van der Waals surface area (Å²) in [7, 11) is 0. The molecule has 0 spiro atoms. The largest absolute Gasteiger partial charge is 0.284 e. The van der Waals surface area contributed by atoms with Crippen LogP contribution in [0.2, 0.25) is 0 Å². The van der Waals surface area contributed by atoms with E-state index in [0.29, 0.717) is 11.6 Å². The van der Waals surface area contributed by atoms with Gasteiger partial charge in [0.1, 0.15) is 0 Å². The molecule has 0 unspecified atom stereocenters. The van der Waals surface area contributed by atoms with E-state index in [4.69, 9.17) is 29.9 Å². The number of pyridine rings is 2. The highest BCUT2D eigenvalue weighted by Gasteiger charge is 2.14. The van der Waals surface area contributed by atoms with E-state index < -0.39 is 0 Å². The van der Waals surface area contributed by atoms with Gasteiger partial charge in [0.15, 0.2) is 5.82 Å². The van der Waals surface area contributed by atoms with Crippen molar-refractivity contribution >= 4 is 38.6 Å². The van der Waals surface area contributed by atoms with Gasteiger partial charge in [-0.25, -0.2) is 29.9 Å².